The molecule has 2 rings (SSSR count). The van der Waals surface area contributed by atoms with Crippen molar-refractivity contribution in [3.05, 3.63) is 95.3 Å². The summed E-state index contributed by atoms with van der Waals surface area (Å²) >= 11 is 0. The first-order valence-corrected chi connectivity index (χ1v) is 7.96. The van der Waals surface area contributed by atoms with Crippen molar-refractivity contribution in [1.82, 2.24) is 11.0 Å². The van der Waals surface area contributed by atoms with Gasteiger partial charge in [-0.3, -0.25) is 20.6 Å². The van der Waals surface area contributed by atoms with E-state index in [1.165, 1.54) is 0 Å². The zero-order chi connectivity index (χ0) is 17.0. The van der Waals surface area contributed by atoms with E-state index in [2.05, 4.69) is 11.0 Å². The molecule has 0 saturated carbocycles. The lowest BCUT2D eigenvalue weighted by Crippen LogP contribution is -2.16. The summed E-state index contributed by atoms with van der Waals surface area (Å²) in [6.45, 7) is 4.90. The van der Waals surface area contributed by atoms with Crippen molar-refractivity contribution in [2.45, 2.75) is 27.1 Å². The maximum atomic E-state index is 5.52. The molecule has 0 saturated heterocycles. The molecule has 2 aromatic rings. The average Bonchev–Trinajstić information content (AvgIpc) is 2.62. The minimum Gasteiger partial charge on any atom is -0.272 e. The van der Waals surface area contributed by atoms with Gasteiger partial charge in [0.1, 0.15) is 0 Å². The molecular weight excluding hydrogens is 300 g/mol. The average molecular weight is 324 g/mol. The molecule has 0 aliphatic rings. The topological polar surface area (TPSA) is 42.5 Å². The van der Waals surface area contributed by atoms with E-state index >= 15 is 0 Å². The zero-order valence-electron chi connectivity index (χ0n) is 14.2. The fourth-order valence-corrected chi connectivity index (χ4v) is 2.02. The molecule has 4 nitrogen and oxygen atoms in total. The van der Waals surface area contributed by atoms with E-state index in [0.717, 1.165) is 22.5 Å². The second-order valence-corrected chi connectivity index (χ2v) is 5.32. The molecule has 0 fully saturated rings. The summed E-state index contributed by atoms with van der Waals surface area (Å²) in [5, 5.41) is 0. The van der Waals surface area contributed by atoms with Crippen LogP contribution in [0, 0.1) is 0 Å². The Labute approximate surface area is 143 Å². The van der Waals surface area contributed by atoms with E-state index in [4.69, 9.17) is 9.68 Å². The number of nitrogens with one attached hydrogen (secondary N) is 2. The van der Waals surface area contributed by atoms with Gasteiger partial charge in [0.15, 0.2) is 0 Å². The highest BCUT2D eigenvalue weighted by molar-refractivity contribution is 5.19. The van der Waals surface area contributed by atoms with Crippen LogP contribution >= 0.6 is 0 Å². The highest BCUT2D eigenvalue weighted by atomic mass is 16.6. The molecule has 24 heavy (non-hydrogen) atoms. The number of hydrogen-bond donors (Lipinski definition) is 2. The Morgan fingerprint density at radius 1 is 0.833 bits per heavy atom. The Bertz CT molecular complexity index is 652. The summed E-state index contributed by atoms with van der Waals surface area (Å²) in [5.74, 6) is 0. The van der Waals surface area contributed by atoms with E-state index in [1.54, 1.807) is 0 Å². The van der Waals surface area contributed by atoms with Crippen molar-refractivity contribution < 1.29 is 9.68 Å². The highest BCUT2D eigenvalue weighted by Gasteiger charge is 1.97. The SMILES string of the molecule is CC=C(C=C(C)NOCc1ccccc1)NOCc1ccccc1. The van der Waals surface area contributed by atoms with Gasteiger partial charge in [-0.05, 0) is 31.1 Å². The van der Waals surface area contributed by atoms with Crippen LogP contribution in [0.15, 0.2) is 84.2 Å². The van der Waals surface area contributed by atoms with Crippen molar-refractivity contribution >= 4 is 0 Å². The first-order chi connectivity index (χ1) is 11.8. The molecule has 0 heterocycles. The second-order valence-electron chi connectivity index (χ2n) is 5.32. The van der Waals surface area contributed by atoms with Gasteiger partial charge in [0.05, 0.1) is 18.9 Å². The number of benzene rings is 2. The summed E-state index contributed by atoms with van der Waals surface area (Å²) in [5.41, 5.74) is 9.85. The van der Waals surface area contributed by atoms with E-state index in [1.807, 2.05) is 86.7 Å². The number of allylic oxidation sites excluding steroid dienone is 3. The Kier molecular flexibility index (Phi) is 7.60. The monoisotopic (exact) mass is 324 g/mol. The Balaban J connectivity index is 1.72. The maximum absolute atomic E-state index is 5.52. The number of rotatable bonds is 9. The lowest BCUT2D eigenvalue weighted by molar-refractivity contribution is 0.0458. The molecule has 0 aliphatic carbocycles. The van der Waals surface area contributed by atoms with Crippen LogP contribution in [0.4, 0.5) is 0 Å². The number of hydroxylamine groups is 2. The van der Waals surface area contributed by atoms with E-state index < -0.39 is 0 Å². The van der Waals surface area contributed by atoms with Gasteiger partial charge in [0.2, 0.25) is 0 Å². The van der Waals surface area contributed by atoms with Crippen molar-refractivity contribution in [3.63, 3.8) is 0 Å². The minimum absolute atomic E-state index is 0.503. The van der Waals surface area contributed by atoms with Gasteiger partial charge in [-0.25, -0.2) is 0 Å². The van der Waals surface area contributed by atoms with Gasteiger partial charge in [-0.15, -0.1) is 0 Å². The zero-order valence-corrected chi connectivity index (χ0v) is 14.2. The van der Waals surface area contributed by atoms with Crippen molar-refractivity contribution in [1.29, 1.82) is 0 Å². The molecule has 126 valence electrons. The van der Waals surface area contributed by atoms with Crippen LogP contribution in [0.2, 0.25) is 0 Å². The highest BCUT2D eigenvalue weighted by Crippen LogP contribution is 2.03. The molecule has 2 aromatic carbocycles. The standard InChI is InChI=1S/C20H24N2O2/c1-3-20(22-24-16-19-12-8-5-9-13-19)14-17(2)21-23-15-18-10-6-4-7-11-18/h3-14,21-22H,15-16H2,1-2H3. The molecule has 0 unspecified atom stereocenters. The molecule has 0 spiro atoms. The molecular formula is C20H24N2O2. The van der Waals surface area contributed by atoms with Crippen molar-refractivity contribution in [2.24, 2.45) is 0 Å². The molecule has 0 amide bonds. The molecule has 0 radical (unpaired) electrons. The second kappa shape index (κ2) is 10.3. The quantitative estimate of drug-likeness (QED) is 0.535. The fraction of sp³-hybridized carbons (Fsp3) is 0.200. The van der Waals surface area contributed by atoms with Gasteiger partial charge in [0, 0.05) is 5.70 Å². The van der Waals surface area contributed by atoms with Crippen LogP contribution in [0.25, 0.3) is 0 Å². The van der Waals surface area contributed by atoms with Gasteiger partial charge >= 0.3 is 0 Å². The lowest BCUT2D eigenvalue weighted by Gasteiger charge is -2.11. The third kappa shape index (κ3) is 6.69. The lowest BCUT2D eigenvalue weighted by atomic mass is 10.2. The fourth-order valence-electron chi connectivity index (χ4n) is 2.02. The molecule has 4 heteroatoms. The normalized spacial score (nSPS) is 12.1. The molecule has 2 N–H and O–H groups in total. The van der Waals surface area contributed by atoms with Crippen LogP contribution in [0.3, 0.4) is 0 Å². The van der Waals surface area contributed by atoms with Crippen molar-refractivity contribution in [2.75, 3.05) is 0 Å². The van der Waals surface area contributed by atoms with E-state index in [0.29, 0.717) is 13.2 Å². The third-order valence-corrected chi connectivity index (χ3v) is 3.27. The van der Waals surface area contributed by atoms with Crippen LogP contribution in [-0.4, -0.2) is 0 Å². The summed E-state index contributed by atoms with van der Waals surface area (Å²) in [4.78, 5) is 11.0. The van der Waals surface area contributed by atoms with Crippen LogP contribution in [0.5, 0.6) is 0 Å². The molecule has 0 bridgehead atoms. The smallest absolute Gasteiger partial charge is 0.0996 e. The summed E-state index contributed by atoms with van der Waals surface area (Å²) in [7, 11) is 0. The van der Waals surface area contributed by atoms with Gasteiger partial charge in [0.25, 0.3) is 0 Å². The van der Waals surface area contributed by atoms with Gasteiger partial charge in [-0.2, -0.15) is 0 Å². The number of hydrogen-bond acceptors (Lipinski definition) is 4. The molecule has 0 aromatic heterocycles. The van der Waals surface area contributed by atoms with Gasteiger partial charge < -0.3 is 0 Å². The van der Waals surface area contributed by atoms with Crippen molar-refractivity contribution in [3.8, 4) is 0 Å². The van der Waals surface area contributed by atoms with Crippen LogP contribution < -0.4 is 11.0 Å². The summed E-state index contributed by atoms with van der Waals surface area (Å²) in [6.07, 6.45) is 3.86. The summed E-state index contributed by atoms with van der Waals surface area (Å²) in [6, 6.07) is 20.0. The van der Waals surface area contributed by atoms with Crippen LogP contribution in [0.1, 0.15) is 25.0 Å². The van der Waals surface area contributed by atoms with E-state index in [9.17, 15) is 0 Å². The Morgan fingerprint density at radius 3 is 1.83 bits per heavy atom. The predicted molar refractivity (Wildman–Crippen MR) is 96.2 cm³/mol. The first-order valence-electron chi connectivity index (χ1n) is 7.96. The van der Waals surface area contributed by atoms with Crippen LogP contribution in [-0.2, 0) is 22.9 Å². The largest absolute Gasteiger partial charge is 0.272 e. The minimum atomic E-state index is 0.503. The molecule has 0 aliphatic heterocycles. The first kappa shape index (κ1) is 17.8. The Morgan fingerprint density at radius 2 is 1.33 bits per heavy atom. The maximum Gasteiger partial charge on any atom is 0.0996 e. The summed E-state index contributed by atoms with van der Waals surface area (Å²) < 4.78 is 0. The van der Waals surface area contributed by atoms with Gasteiger partial charge in [-0.1, -0.05) is 66.7 Å². The van der Waals surface area contributed by atoms with E-state index in [-0.39, 0.29) is 0 Å². The third-order valence-electron chi connectivity index (χ3n) is 3.27. The Hall–Kier alpha value is -2.56. The predicted octanol–water partition coefficient (Wildman–Crippen LogP) is 4.24. The molecule has 0 atom stereocenters.